The summed E-state index contributed by atoms with van der Waals surface area (Å²) in [5.74, 6) is -2.19. The van der Waals surface area contributed by atoms with Crippen molar-refractivity contribution in [1.82, 2.24) is 5.32 Å². The number of carboxylic acids is 1. The maximum absolute atomic E-state index is 12.1. The number of hydrogen-bond donors (Lipinski definition) is 2. The molecule has 1 aromatic carbocycles. The zero-order valence-corrected chi connectivity index (χ0v) is 15.3. The number of aliphatic carboxylic acids is 1. The van der Waals surface area contributed by atoms with E-state index in [0.29, 0.717) is 0 Å². The number of methoxy groups -OCH3 is 1. The van der Waals surface area contributed by atoms with Gasteiger partial charge in [-0.3, -0.25) is 0 Å². The van der Waals surface area contributed by atoms with Gasteiger partial charge in [-0.25, -0.2) is 9.59 Å². The lowest BCUT2D eigenvalue weighted by Gasteiger charge is -2.26. The average molecular weight is 381 g/mol. The minimum absolute atomic E-state index is 0.0178. The van der Waals surface area contributed by atoms with Gasteiger partial charge in [0, 0.05) is 7.11 Å². The van der Waals surface area contributed by atoms with Crippen LogP contribution in [0.2, 0.25) is 0 Å². The van der Waals surface area contributed by atoms with Crippen molar-refractivity contribution in [2.45, 2.75) is 56.9 Å². The lowest BCUT2D eigenvalue weighted by atomic mass is 10.0. The molecule has 2 fully saturated rings. The summed E-state index contributed by atoms with van der Waals surface area (Å²) in [5, 5.41) is 11.9. The van der Waals surface area contributed by atoms with E-state index in [1.807, 2.05) is 18.2 Å². The molecule has 0 unspecified atom stereocenters. The topological polar surface area (TPSA) is 113 Å². The highest BCUT2D eigenvalue weighted by Crippen LogP contribution is 2.40. The van der Waals surface area contributed by atoms with Crippen LogP contribution >= 0.6 is 0 Å². The highest BCUT2D eigenvalue weighted by atomic mass is 16.8. The van der Waals surface area contributed by atoms with Crippen molar-refractivity contribution in [1.29, 1.82) is 0 Å². The van der Waals surface area contributed by atoms with Crippen LogP contribution in [0.15, 0.2) is 30.3 Å². The molecule has 0 radical (unpaired) electrons. The van der Waals surface area contributed by atoms with Crippen LogP contribution in [0, 0.1) is 0 Å². The Labute approximate surface area is 156 Å². The SMILES string of the molecule is CO[C@@H]1O[C@H]([C@H](NC(=O)OCc2ccccc2)C(=O)O)[C@H]2OC(C)(C)O[C@@H]12. The maximum Gasteiger partial charge on any atom is 0.408 e. The van der Waals surface area contributed by atoms with E-state index in [1.54, 1.807) is 26.0 Å². The van der Waals surface area contributed by atoms with Crippen molar-refractivity contribution in [3.63, 3.8) is 0 Å². The predicted octanol–water partition coefficient (Wildman–Crippen LogP) is 1.26. The van der Waals surface area contributed by atoms with Gasteiger partial charge in [0.1, 0.15) is 24.9 Å². The van der Waals surface area contributed by atoms with Crippen molar-refractivity contribution < 1.29 is 38.4 Å². The molecule has 1 amide bonds. The second-order valence-corrected chi connectivity index (χ2v) is 6.79. The lowest BCUT2D eigenvalue weighted by molar-refractivity contribution is -0.230. The second kappa shape index (κ2) is 7.81. The Balaban J connectivity index is 1.66. The summed E-state index contributed by atoms with van der Waals surface area (Å²) in [6.45, 7) is 3.45. The third-order valence-corrected chi connectivity index (χ3v) is 4.36. The molecule has 2 N–H and O–H groups in total. The van der Waals surface area contributed by atoms with E-state index in [0.717, 1.165) is 5.56 Å². The van der Waals surface area contributed by atoms with Crippen molar-refractivity contribution in [3.05, 3.63) is 35.9 Å². The van der Waals surface area contributed by atoms with Crippen molar-refractivity contribution >= 4 is 12.1 Å². The Morgan fingerprint density at radius 3 is 2.52 bits per heavy atom. The van der Waals surface area contributed by atoms with E-state index in [1.165, 1.54) is 7.11 Å². The van der Waals surface area contributed by atoms with Crippen LogP contribution in [0.3, 0.4) is 0 Å². The molecule has 0 bridgehead atoms. The number of fused-ring (bicyclic) bond motifs is 1. The molecule has 148 valence electrons. The van der Waals surface area contributed by atoms with E-state index in [-0.39, 0.29) is 6.61 Å². The molecule has 9 nitrogen and oxygen atoms in total. The standard InChI is InChI=1S/C18H23NO8/c1-18(2)26-13-12(25-16(23-3)14(13)27-18)11(15(20)21)19-17(22)24-9-10-7-5-4-6-8-10/h4-8,11-14,16H,9H2,1-3H3,(H,19,22)(H,20,21)/t11-,12+,13+,14+,16+/m0/s1. The van der Waals surface area contributed by atoms with Crippen LogP contribution < -0.4 is 5.32 Å². The number of carbonyl (C=O) groups is 2. The van der Waals surface area contributed by atoms with Crippen LogP contribution in [0.25, 0.3) is 0 Å². The smallest absolute Gasteiger partial charge is 0.408 e. The van der Waals surface area contributed by atoms with Gasteiger partial charge in [0.2, 0.25) is 0 Å². The van der Waals surface area contributed by atoms with Gasteiger partial charge in [-0.15, -0.1) is 0 Å². The first-order chi connectivity index (χ1) is 12.8. The summed E-state index contributed by atoms with van der Waals surface area (Å²) < 4.78 is 27.5. The van der Waals surface area contributed by atoms with Crippen molar-refractivity contribution in [2.75, 3.05) is 7.11 Å². The van der Waals surface area contributed by atoms with Crippen LogP contribution in [0.1, 0.15) is 19.4 Å². The number of rotatable bonds is 6. The van der Waals surface area contributed by atoms with Gasteiger partial charge in [0.05, 0.1) is 0 Å². The molecular weight excluding hydrogens is 358 g/mol. The van der Waals surface area contributed by atoms with Gasteiger partial charge in [-0.1, -0.05) is 30.3 Å². The monoisotopic (exact) mass is 381 g/mol. The third kappa shape index (κ3) is 4.38. The Hall–Kier alpha value is -2.20. The number of carboxylic acid groups (broad SMARTS) is 1. The number of ether oxygens (including phenoxy) is 5. The molecule has 0 aliphatic carbocycles. The normalized spacial score (nSPS) is 29.7. The predicted molar refractivity (Wildman–Crippen MR) is 90.7 cm³/mol. The average Bonchev–Trinajstić information content (AvgIpc) is 3.11. The molecular formula is C18H23NO8. The molecule has 1 aromatic rings. The minimum Gasteiger partial charge on any atom is -0.480 e. The molecule has 0 aromatic heterocycles. The van der Waals surface area contributed by atoms with Gasteiger partial charge in [0.15, 0.2) is 18.1 Å². The van der Waals surface area contributed by atoms with E-state index in [2.05, 4.69) is 5.32 Å². The zero-order chi connectivity index (χ0) is 19.6. The lowest BCUT2D eigenvalue weighted by Crippen LogP contribution is -2.53. The molecule has 9 heteroatoms. The molecule has 5 atom stereocenters. The summed E-state index contributed by atoms with van der Waals surface area (Å²) in [4.78, 5) is 23.9. The van der Waals surface area contributed by atoms with Crippen LogP contribution in [-0.2, 0) is 35.1 Å². The van der Waals surface area contributed by atoms with E-state index >= 15 is 0 Å². The largest absolute Gasteiger partial charge is 0.480 e. The fourth-order valence-corrected chi connectivity index (χ4v) is 3.23. The number of amides is 1. The number of benzene rings is 1. The highest BCUT2D eigenvalue weighted by Gasteiger charge is 2.59. The third-order valence-electron chi connectivity index (χ3n) is 4.36. The first-order valence-electron chi connectivity index (χ1n) is 8.54. The van der Waals surface area contributed by atoms with E-state index in [4.69, 9.17) is 23.7 Å². The van der Waals surface area contributed by atoms with Crippen LogP contribution in [0.5, 0.6) is 0 Å². The molecule has 2 aliphatic heterocycles. The maximum atomic E-state index is 12.1. The molecule has 2 heterocycles. The fraction of sp³-hybridized carbons (Fsp3) is 0.556. The molecule has 2 saturated heterocycles. The van der Waals surface area contributed by atoms with Gasteiger partial charge in [-0.05, 0) is 19.4 Å². The number of hydrogen-bond acceptors (Lipinski definition) is 7. The van der Waals surface area contributed by atoms with Crippen LogP contribution in [-0.4, -0.2) is 60.7 Å². The number of carbonyl (C=O) groups excluding carboxylic acids is 1. The number of alkyl carbamates (subject to hydrolysis) is 1. The summed E-state index contributed by atoms with van der Waals surface area (Å²) >= 11 is 0. The quantitative estimate of drug-likeness (QED) is 0.757. The summed E-state index contributed by atoms with van der Waals surface area (Å²) in [5.41, 5.74) is 0.783. The van der Waals surface area contributed by atoms with E-state index < -0.39 is 48.5 Å². The molecule has 27 heavy (non-hydrogen) atoms. The van der Waals surface area contributed by atoms with Crippen molar-refractivity contribution in [3.8, 4) is 0 Å². The van der Waals surface area contributed by atoms with Gasteiger partial charge >= 0.3 is 12.1 Å². The summed E-state index contributed by atoms with van der Waals surface area (Å²) in [7, 11) is 1.43. The zero-order valence-electron chi connectivity index (χ0n) is 15.3. The minimum atomic E-state index is -1.39. The fourth-order valence-electron chi connectivity index (χ4n) is 3.23. The second-order valence-electron chi connectivity index (χ2n) is 6.79. The van der Waals surface area contributed by atoms with Gasteiger partial charge in [-0.2, -0.15) is 0 Å². The highest BCUT2D eigenvalue weighted by molar-refractivity contribution is 5.80. The van der Waals surface area contributed by atoms with E-state index in [9.17, 15) is 14.7 Å². The van der Waals surface area contributed by atoms with Crippen molar-refractivity contribution in [2.24, 2.45) is 0 Å². The van der Waals surface area contributed by atoms with Gasteiger partial charge in [0.25, 0.3) is 0 Å². The Morgan fingerprint density at radius 1 is 1.22 bits per heavy atom. The van der Waals surface area contributed by atoms with Gasteiger partial charge < -0.3 is 34.1 Å². The molecule has 0 spiro atoms. The molecule has 0 saturated carbocycles. The molecule has 2 aliphatic rings. The Kier molecular flexibility index (Phi) is 5.66. The summed E-state index contributed by atoms with van der Waals surface area (Å²) in [6, 6.07) is 7.66. The first kappa shape index (κ1) is 19.6. The first-order valence-corrected chi connectivity index (χ1v) is 8.54. The van der Waals surface area contributed by atoms with Crippen LogP contribution in [0.4, 0.5) is 4.79 Å². The molecule has 3 rings (SSSR count). The Bertz CT molecular complexity index is 679. The number of nitrogens with one attached hydrogen (secondary N) is 1. The summed E-state index contributed by atoms with van der Waals surface area (Å²) in [6.07, 6.45) is -3.97. The Morgan fingerprint density at radius 2 is 1.89 bits per heavy atom.